The molecule has 0 aliphatic heterocycles. The zero-order chi connectivity index (χ0) is 34.8. The van der Waals surface area contributed by atoms with E-state index in [1.54, 1.807) is 0 Å². The lowest BCUT2D eigenvalue weighted by atomic mass is 9.81. The molecule has 246 valence electrons. The normalized spacial score (nSPS) is 13.0. The van der Waals surface area contributed by atoms with Crippen molar-refractivity contribution in [3.63, 3.8) is 0 Å². The molecule has 0 saturated heterocycles. The molecule has 1 aliphatic rings. The SMILES string of the molecule is CC1(C)c2ccccc2-c2ccc(-c3ccc(-c4nc(-c5ccccc5)nc(-c5ccc(-c6cccc7oc8ccccc8c67)cc5)n4)cc3)cc21. The first-order chi connectivity index (χ1) is 25.5. The number of fused-ring (bicyclic) bond motifs is 6. The highest BCUT2D eigenvalue weighted by atomic mass is 16.3. The topological polar surface area (TPSA) is 51.8 Å². The summed E-state index contributed by atoms with van der Waals surface area (Å²) in [4.78, 5) is 15.0. The maximum absolute atomic E-state index is 6.16. The van der Waals surface area contributed by atoms with Crippen LogP contribution in [-0.4, -0.2) is 15.0 Å². The molecule has 0 radical (unpaired) electrons. The number of aromatic nitrogens is 3. The summed E-state index contributed by atoms with van der Waals surface area (Å²) >= 11 is 0. The quantitative estimate of drug-likeness (QED) is 0.183. The van der Waals surface area contributed by atoms with Crippen LogP contribution in [-0.2, 0) is 5.41 Å². The number of para-hydroxylation sites is 1. The van der Waals surface area contributed by atoms with Crippen molar-refractivity contribution in [2.24, 2.45) is 0 Å². The second kappa shape index (κ2) is 11.7. The summed E-state index contributed by atoms with van der Waals surface area (Å²) in [6.45, 7) is 4.64. The van der Waals surface area contributed by atoms with E-state index >= 15 is 0 Å². The average molecular weight is 668 g/mol. The van der Waals surface area contributed by atoms with E-state index < -0.39 is 0 Å². The standard InChI is InChI=1S/C48H33N3O/c1-48(2)40-16-8-6-13-37(40)38-28-27-35(29-41(38)48)30-19-23-33(24-20-30)46-49-45(32-11-4-3-5-12-32)50-47(51-46)34-25-21-31(22-26-34)36-15-10-18-43-44(36)39-14-7-9-17-42(39)52-43/h3-29H,1-2H3. The molecule has 10 rings (SSSR count). The first kappa shape index (κ1) is 30.2. The van der Waals surface area contributed by atoms with Gasteiger partial charge in [-0.25, -0.2) is 15.0 Å². The lowest BCUT2D eigenvalue weighted by molar-refractivity contribution is 0.660. The third-order valence-corrected chi connectivity index (χ3v) is 10.6. The van der Waals surface area contributed by atoms with Gasteiger partial charge in [0.15, 0.2) is 17.5 Å². The van der Waals surface area contributed by atoms with Gasteiger partial charge in [0.25, 0.3) is 0 Å². The van der Waals surface area contributed by atoms with Gasteiger partial charge in [0.1, 0.15) is 11.2 Å². The molecule has 0 fully saturated rings. The summed E-state index contributed by atoms with van der Waals surface area (Å²) in [6, 6.07) is 57.3. The van der Waals surface area contributed by atoms with Crippen molar-refractivity contribution in [1.82, 2.24) is 15.0 Å². The smallest absolute Gasteiger partial charge is 0.164 e. The van der Waals surface area contributed by atoms with Crippen molar-refractivity contribution in [1.29, 1.82) is 0 Å². The molecule has 0 unspecified atom stereocenters. The number of rotatable bonds is 5. The zero-order valence-corrected chi connectivity index (χ0v) is 28.8. The molecule has 4 heteroatoms. The minimum atomic E-state index is -0.0455. The molecule has 2 aromatic heterocycles. The highest BCUT2D eigenvalue weighted by molar-refractivity contribution is 6.12. The van der Waals surface area contributed by atoms with Crippen LogP contribution >= 0.6 is 0 Å². The van der Waals surface area contributed by atoms with E-state index in [1.807, 2.05) is 54.6 Å². The van der Waals surface area contributed by atoms with Crippen molar-refractivity contribution in [3.05, 3.63) is 175 Å². The molecule has 0 N–H and O–H groups in total. The number of hydrogen-bond acceptors (Lipinski definition) is 4. The summed E-state index contributed by atoms with van der Waals surface area (Å²) in [5, 5.41) is 2.24. The number of furan rings is 1. The molecular formula is C48H33N3O. The van der Waals surface area contributed by atoms with Gasteiger partial charge >= 0.3 is 0 Å². The molecule has 9 aromatic rings. The lowest BCUT2D eigenvalue weighted by Crippen LogP contribution is -2.14. The van der Waals surface area contributed by atoms with Crippen LogP contribution in [0.3, 0.4) is 0 Å². The summed E-state index contributed by atoms with van der Waals surface area (Å²) in [5.41, 5.74) is 14.5. The van der Waals surface area contributed by atoms with E-state index in [0.717, 1.165) is 55.3 Å². The third-order valence-electron chi connectivity index (χ3n) is 10.6. The Labute approximate surface area is 302 Å². The Kier molecular flexibility index (Phi) is 6.80. The summed E-state index contributed by atoms with van der Waals surface area (Å²) in [5.74, 6) is 1.91. The van der Waals surface area contributed by atoms with Crippen LogP contribution in [0.5, 0.6) is 0 Å². The molecule has 52 heavy (non-hydrogen) atoms. The molecule has 0 spiro atoms. The van der Waals surface area contributed by atoms with Gasteiger partial charge in [0.05, 0.1) is 0 Å². The fourth-order valence-electron chi connectivity index (χ4n) is 7.86. The third kappa shape index (κ3) is 4.87. The maximum atomic E-state index is 6.16. The average Bonchev–Trinajstić information content (AvgIpc) is 3.70. The Morgan fingerprint density at radius 2 is 0.904 bits per heavy atom. The fraction of sp³-hybridized carbons (Fsp3) is 0.0625. The van der Waals surface area contributed by atoms with Gasteiger partial charge in [-0.1, -0.05) is 159 Å². The van der Waals surface area contributed by atoms with Crippen molar-refractivity contribution >= 4 is 21.9 Å². The second-order valence-corrected chi connectivity index (χ2v) is 14.0. The second-order valence-electron chi connectivity index (χ2n) is 14.0. The Balaban J connectivity index is 1.02. The molecule has 0 saturated carbocycles. The van der Waals surface area contributed by atoms with Crippen molar-refractivity contribution in [2.75, 3.05) is 0 Å². The number of benzene rings is 7. The Bertz CT molecular complexity index is 2800. The number of hydrogen-bond donors (Lipinski definition) is 0. The minimum absolute atomic E-state index is 0.0455. The van der Waals surface area contributed by atoms with Crippen LogP contribution in [0.1, 0.15) is 25.0 Å². The Hall–Kier alpha value is -6.65. The molecule has 4 nitrogen and oxygen atoms in total. The predicted octanol–water partition coefficient (Wildman–Crippen LogP) is 12.4. The summed E-state index contributed by atoms with van der Waals surface area (Å²) in [7, 11) is 0. The molecule has 2 heterocycles. The van der Waals surface area contributed by atoms with E-state index in [0.29, 0.717) is 17.5 Å². The molecule has 7 aromatic carbocycles. The van der Waals surface area contributed by atoms with Crippen LogP contribution < -0.4 is 0 Å². The van der Waals surface area contributed by atoms with Crippen LogP contribution in [0.4, 0.5) is 0 Å². The van der Waals surface area contributed by atoms with E-state index in [2.05, 4.69) is 123 Å². The van der Waals surface area contributed by atoms with Gasteiger partial charge in [-0.2, -0.15) is 0 Å². The van der Waals surface area contributed by atoms with Crippen LogP contribution in [0.25, 0.3) is 89.5 Å². The largest absolute Gasteiger partial charge is 0.456 e. The Morgan fingerprint density at radius 3 is 1.63 bits per heavy atom. The van der Waals surface area contributed by atoms with Crippen LogP contribution in [0, 0.1) is 0 Å². The molecule has 0 amide bonds. The highest BCUT2D eigenvalue weighted by Crippen LogP contribution is 2.49. The predicted molar refractivity (Wildman–Crippen MR) is 212 cm³/mol. The molecular weight excluding hydrogens is 635 g/mol. The van der Waals surface area contributed by atoms with Crippen molar-refractivity contribution in [2.45, 2.75) is 19.3 Å². The van der Waals surface area contributed by atoms with Gasteiger partial charge < -0.3 is 4.42 Å². The van der Waals surface area contributed by atoms with Gasteiger partial charge in [0.2, 0.25) is 0 Å². The van der Waals surface area contributed by atoms with E-state index in [9.17, 15) is 0 Å². The van der Waals surface area contributed by atoms with Crippen LogP contribution in [0.2, 0.25) is 0 Å². The zero-order valence-electron chi connectivity index (χ0n) is 28.8. The first-order valence-electron chi connectivity index (χ1n) is 17.7. The lowest BCUT2D eigenvalue weighted by Gasteiger charge is -2.22. The molecule has 0 atom stereocenters. The Morgan fingerprint density at radius 1 is 0.385 bits per heavy atom. The number of nitrogens with zero attached hydrogens (tertiary/aromatic N) is 3. The van der Waals surface area contributed by atoms with Crippen molar-refractivity contribution in [3.8, 4) is 67.5 Å². The van der Waals surface area contributed by atoms with E-state index in [4.69, 9.17) is 19.4 Å². The minimum Gasteiger partial charge on any atom is -0.456 e. The van der Waals surface area contributed by atoms with E-state index in [1.165, 1.54) is 27.8 Å². The maximum Gasteiger partial charge on any atom is 0.164 e. The monoisotopic (exact) mass is 667 g/mol. The summed E-state index contributed by atoms with van der Waals surface area (Å²) < 4.78 is 6.16. The van der Waals surface area contributed by atoms with E-state index in [-0.39, 0.29) is 5.41 Å². The first-order valence-corrected chi connectivity index (χ1v) is 17.7. The molecule has 1 aliphatic carbocycles. The van der Waals surface area contributed by atoms with Gasteiger partial charge in [-0.15, -0.1) is 0 Å². The van der Waals surface area contributed by atoms with Crippen LogP contribution in [0.15, 0.2) is 168 Å². The van der Waals surface area contributed by atoms with Gasteiger partial charge in [-0.05, 0) is 62.7 Å². The van der Waals surface area contributed by atoms with Gasteiger partial charge in [0, 0.05) is 32.9 Å². The van der Waals surface area contributed by atoms with Gasteiger partial charge in [-0.3, -0.25) is 0 Å². The van der Waals surface area contributed by atoms with Crippen molar-refractivity contribution < 1.29 is 4.42 Å². The summed E-state index contributed by atoms with van der Waals surface area (Å²) in [6.07, 6.45) is 0. The highest BCUT2D eigenvalue weighted by Gasteiger charge is 2.35. The molecule has 0 bridgehead atoms. The fourth-order valence-corrected chi connectivity index (χ4v) is 7.86.